The highest BCUT2D eigenvalue weighted by molar-refractivity contribution is 7.88. The van der Waals surface area contributed by atoms with Crippen LogP contribution in [0.5, 0.6) is 11.5 Å². The van der Waals surface area contributed by atoms with E-state index < -0.39 is 10.0 Å². The third-order valence-corrected chi connectivity index (χ3v) is 13.0. The molecule has 12 nitrogen and oxygen atoms in total. The van der Waals surface area contributed by atoms with E-state index in [1.807, 2.05) is 109 Å². The molecule has 0 unspecified atom stereocenters. The predicted octanol–water partition coefficient (Wildman–Crippen LogP) is 9.65. The van der Waals surface area contributed by atoms with Crippen molar-refractivity contribution in [2.24, 2.45) is 0 Å². The molecule has 2 fully saturated rings. The van der Waals surface area contributed by atoms with Crippen molar-refractivity contribution in [1.82, 2.24) is 39.5 Å². The second-order valence-corrected chi connectivity index (χ2v) is 18.0. The molecule has 2 aliphatic heterocycles. The summed E-state index contributed by atoms with van der Waals surface area (Å²) in [6.45, 7) is 4.35. The minimum Gasteiger partial charge on any atom is -0.489 e. The molecule has 0 saturated carbocycles. The second-order valence-electron chi connectivity index (χ2n) is 16.0. The summed E-state index contributed by atoms with van der Waals surface area (Å²) in [6.07, 6.45) is 9.06. The van der Waals surface area contributed by atoms with Gasteiger partial charge in [-0.05, 0) is 134 Å². The normalized spacial score (nSPS) is 15.1. The van der Waals surface area contributed by atoms with Gasteiger partial charge in [0.05, 0.1) is 17.3 Å². The number of piperidine rings is 2. The number of fused-ring (bicyclic) bond motifs is 2. The molecule has 324 valence electrons. The monoisotopic (exact) mass is 862 g/mol. The molecule has 4 aromatic heterocycles. The van der Waals surface area contributed by atoms with Gasteiger partial charge in [-0.1, -0.05) is 68.1 Å². The maximum atomic E-state index is 11.8. The second kappa shape index (κ2) is 19.7. The Bertz CT molecular complexity index is 2820. The van der Waals surface area contributed by atoms with Crippen LogP contribution in [0.15, 0.2) is 134 Å². The standard InChI is InChI=1S/C25H26N4O3S.C24H24N4O.CH4/c1-33(30,31)29-13-11-19(12-14-29)21-15-23-25(26-16-21)28-24(27-23)20-7-9-22(10-8-20)32-17-18-5-3-2-4-6-18;1-2-4-17(5-3-1)16-29-21-8-6-19(7-9-21)23-27-22-14-20(15-26-24(22)28-23)18-10-12-25-13-11-18;/h2-10,15-16,19H,11-14,17H2,1H3,(H,26,27,28);1-9,14-15,18,25H,10-13,16H2,(H,26,27,28);1H4. The number of benzene rings is 4. The van der Waals surface area contributed by atoms with Crippen LogP contribution < -0.4 is 14.8 Å². The van der Waals surface area contributed by atoms with Gasteiger partial charge in [0.1, 0.15) is 36.4 Å². The Kier molecular flexibility index (Phi) is 13.6. The highest BCUT2D eigenvalue weighted by Gasteiger charge is 2.26. The van der Waals surface area contributed by atoms with E-state index in [1.54, 1.807) is 4.31 Å². The molecule has 63 heavy (non-hydrogen) atoms. The number of rotatable bonds is 11. The summed E-state index contributed by atoms with van der Waals surface area (Å²) in [5.74, 6) is 4.13. The van der Waals surface area contributed by atoms with Crippen molar-refractivity contribution in [3.63, 3.8) is 0 Å². The van der Waals surface area contributed by atoms with E-state index in [0.717, 1.165) is 93.6 Å². The van der Waals surface area contributed by atoms with E-state index in [2.05, 4.69) is 59.5 Å². The fraction of sp³-hybridized carbons (Fsp3) is 0.280. The summed E-state index contributed by atoms with van der Waals surface area (Å²) in [6, 6.07) is 40.5. The van der Waals surface area contributed by atoms with Gasteiger partial charge in [-0.2, -0.15) is 0 Å². The molecular formula is C50H54N8O4S. The summed E-state index contributed by atoms with van der Waals surface area (Å²) in [4.78, 5) is 25.3. The molecule has 2 aliphatic rings. The summed E-state index contributed by atoms with van der Waals surface area (Å²) >= 11 is 0. The third-order valence-electron chi connectivity index (χ3n) is 11.7. The first-order chi connectivity index (χ1) is 30.3. The van der Waals surface area contributed by atoms with Crippen LogP contribution in [0.4, 0.5) is 0 Å². The highest BCUT2D eigenvalue weighted by atomic mass is 32.2. The van der Waals surface area contributed by atoms with Crippen molar-refractivity contribution in [3.05, 3.63) is 156 Å². The van der Waals surface area contributed by atoms with Gasteiger partial charge in [0, 0.05) is 36.6 Å². The largest absolute Gasteiger partial charge is 0.489 e. The number of ether oxygens (including phenoxy) is 2. The smallest absolute Gasteiger partial charge is 0.211 e. The molecular weight excluding hydrogens is 809 g/mol. The number of nitrogens with zero attached hydrogens (tertiary/aromatic N) is 5. The Hall–Kier alpha value is -6.41. The average molecular weight is 863 g/mol. The number of pyridine rings is 2. The number of imidazole rings is 2. The van der Waals surface area contributed by atoms with E-state index in [0.29, 0.717) is 43.8 Å². The van der Waals surface area contributed by atoms with E-state index in [9.17, 15) is 8.42 Å². The number of hydrogen-bond acceptors (Lipinski definition) is 9. The van der Waals surface area contributed by atoms with Gasteiger partial charge >= 0.3 is 0 Å². The third kappa shape index (κ3) is 10.8. The van der Waals surface area contributed by atoms with Gasteiger partial charge in [0.15, 0.2) is 11.3 Å². The lowest BCUT2D eigenvalue weighted by Crippen LogP contribution is -2.37. The molecule has 4 aromatic carbocycles. The topological polar surface area (TPSA) is 151 Å². The molecule has 0 radical (unpaired) electrons. The van der Waals surface area contributed by atoms with Gasteiger partial charge in [-0.15, -0.1) is 0 Å². The fourth-order valence-electron chi connectivity index (χ4n) is 8.13. The van der Waals surface area contributed by atoms with Crippen LogP contribution in [0.25, 0.3) is 45.1 Å². The van der Waals surface area contributed by atoms with Crippen molar-refractivity contribution in [3.8, 4) is 34.3 Å². The Morgan fingerprint density at radius 3 is 1.46 bits per heavy atom. The number of aromatic amines is 2. The fourth-order valence-corrected chi connectivity index (χ4v) is 9.00. The van der Waals surface area contributed by atoms with Crippen LogP contribution in [0, 0.1) is 0 Å². The summed E-state index contributed by atoms with van der Waals surface area (Å²) in [5, 5.41) is 3.42. The number of sulfonamides is 1. The lowest BCUT2D eigenvalue weighted by molar-refractivity contribution is 0.306. The first-order valence-electron chi connectivity index (χ1n) is 21.2. The van der Waals surface area contributed by atoms with Crippen molar-refractivity contribution in [2.45, 2.75) is 58.2 Å². The molecule has 2 saturated heterocycles. The van der Waals surface area contributed by atoms with Crippen LogP contribution in [-0.2, 0) is 23.2 Å². The zero-order chi connectivity index (χ0) is 42.3. The molecule has 10 rings (SSSR count). The number of nitrogens with one attached hydrogen (secondary N) is 3. The van der Waals surface area contributed by atoms with Gasteiger partial charge < -0.3 is 24.8 Å². The van der Waals surface area contributed by atoms with Crippen LogP contribution in [-0.4, -0.2) is 75.1 Å². The molecule has 0 aliphatic carbocycles. The number of aromatic nitrogens is 6. The SMILES string of the molecule is C.CS(=O)(=O)N1CCC(c2cnc3nc(-c4ccc(OCc5ccccc5)cc4)[nH]c3c2)CC1.c1ccc(COc2ccc(-c3nc4ncc(C5CCNCC5)cc4[nH]3)cc2)cc1. The van der Waals surface area contributed by atoms with Crippen molar-refractivity contribution in [2.75, 3.05) is 32.4 Å². The Morgan fingerprint density at radius 2 is 1.03 bits per heavy atom. The quantitative estimate of drug-likeness (QED) is 0.116. The molecule has 0 amide bonds. The first kappa shape index (κ1) is 43.2. The molecule has 6 heterocycles. The molecule has 0 spiro atoms. The minimum atomic E-state index is -3.12. The van der Waals surface area contributed by atoms with E-state index in [-0.39, 0.29) is 7.43 Å². The van der Waals surface area contributed by atoms with Crippen LogP contribution in [0.1, 0.15) is 67.2 Å². The molecule has 0 bridgehead atoms. The predicted molar refractivity (Wildman–Crippen MR) is 250 cm³/mol. The Balaban J connectivity index is 0.000000171. The van der Waals surface area contributed by atoms with E-state index in [4.69, 9.17) is 9.47 Å². The Morgan fingerprint density at radius 1 is 0.603 bits per heavy atom. The van der Waals surface area contributed by atoms with Crippen molar-refractivity contribution < 1.29 is 17.9 Å². The molecule has 0 atom stereocenters. The van der Waals surface area contributed by atoms with E-state index >= 15 is 0 Å². The number of hydrogen-bond donors (Lipinski definition) is 3. The lowest BCUT2D eigenvalue weighted by Gasteiger charge is -2.30. The molecule has 8 aromatic rings. The maximum Gasteiger partial charge on any atom is 0.211 e. The minimum absolute atomic E-state index is 0. The first-order valence-corrected chi connectivity index (χ1v) is 23.1. The summed E-state index contributed by atoms with van der Waals surface area (Å²) < 4.78 is 36.8. The average Bonchev–Trinajstić information content (AvgIpc) is 3.96. The van der Waals surface area contributed by atoms with Gasteiger partial charge in [0.2, 0.25) is 10.0 Å². The van der Waals surface area contributed by atoms with Crippen molar-refractivity contribution >= 4 is 32.4 Å². The van der Waals surface area contributed by atoms with Crippen LogP contribution >= 0.6 is 0 Å². The zero-order valence-corrected chi connectivity index (χ0v) is 35.5. The molecule has 3 N–H and O–H groups in total. The van der Waals surface area contributed by atoms with Gasteiger partial charge in [0.25, 0.3) is 0 Å². The zero-order valence-electron chi connectivity index (χ0n) is 34.7. The van der Waals surface area contributed by atoms with Gasteiger partial charge in [-0.3, -0.25) is 0 Å². The maximum absolute atomic E-state index is 11.8. The van der Waals surface area contributed by atoms with Crippen LogP contribution in [0.2, 0.25) is 0 Å². The van der Waals surface area contributed by atoms with Gasteiger partial charge in [-0.25, -0.2) is 32.7 Å². The lowest BCUT2D eigenvalue weighted by atomic mass is 9.91. The summed E-state index contributed by atoms with van der Waals surface area (Å²) in [7, 11) is -3.12. The van der Waals surface area contributed by atoms with Crippen LogP contribution in [0.3, 0.4) is 0 Å². The summed E-state index contributed by atoms with van der Waals surface area (Å²) in [5.41, 5.74) is 10.0. The highest BCUT2D eigenvalue weighted by Crippen LogP contribution is 2.32. The Labute approximate surface area is 369 Å². The number of H-pyrrole nitrogens is 2. The van der Waals surface area contributed by atoms with Crippen molar-refractivity contribution in [1.29, 1.82) is 0 Å². The molecule has 13 heteroatoms. The van der Waals surface area contributed by atoms with E-state index in [1.165, 1.54) is 24.7 Å².